The Balaban J connectivity index is 2.27. The highest BCUT2D eigenvalue weighted by Gasteiger charge is 2.44. The van der Waals surface area contributed by atoms with Crippen molar-refractivity contribution in [3.63, 3.8) is 0 Å². The molecule has 1 N–H and O–H groups in total. The zero-order chi connectivity index (χ0) is 20.2. The van der Waals surface area contributed by atoms with E-state index >= 15 is 0 Å². The van der Waals surface area contributed by atoms with Gasteiger partial charge in [-0.15, -0.1) is 0 Å². The number of para-hydroxylation sites is 1. The van der Waals surface area contributed by atoms with Crippen LogP contribution in [0.1, 0.15) is 10.4 Å². The van der Waals surface area contributed by atoms with Gasteiger partial charge in [0.1, 0.15) is 17.2 Å². The average molecular weight is 392 g/mol. The molecule has 5 nitrogen and oxygen atoms in total. The van der Waals surface area contributed by atoms with E-state index in [1.54, 1.807) is 0 Å². The third-order valence-electron chi connectivity index (χ3n) is 3.04. The van der Waals surface area contributed by atoms with E-state index < -0.39 is 41.7 Å². The number of rotatable bonds is 4. The van der Waals surface area contributed by atoms with Crippen LogP contribution in [-0.4, -0.2) is 24.5 Å². The van der Waals surface area contributed by atoms with E-state index in [-0.39, 0.29) is 10.8 Å². The van der Waals surface area contributed by atoms with Crippen LogP contribution in [0.5, 0.6) is 0 Å². The zero-order valence-corrected chi connectivity index (χ0v) is 13.1. The van der Waals surface area contributed by atoms with E-state index in [1.165, 1.54) is 23.5 Å². The molecular formula is C16H10F6N2O3. The first-order chi connectivity index (χ1) is 12.6. The second-order valence-corrected chi connectivity index (χ2v) is 4.95. The molecule has 0 aromatic heterocycles. The van der Waals surface area contributed by atoms with Crippen molar-refractivity contribution >= 4 is 17.6 Å². The Labute approximate surface area is 148 Å². The van der Waals surface area contributed by atoms with Gasteiger partial charge in [-0.2, -0.15) is 18.2 Å². The van der Waals surface area contributed by atoms with E-state index in [9.17, 15) is 35.9 Å². The molecule has 144 valence electrons. The van der Waals surface area contributed by atoms with Gasteiger partial charge in [-0.1, -0.05) is 24.3 Å². The number of nitrogens with one attached hydrogen (secondary N) is 1. The summed E-state index contributed by atoms with van der Waals surface area (Å²) in [5.74, 6) is -4.22. The third kappa shape index (κ3) is 4.97. The zero-order valence-electron chi connectivity index (χ0n) is 13.1. The highest BCUT2D eigenvalue weighted by molar-refractivity contribution is 6.08. The number of alkyl halides is 4. The molecule has 0 saturated heterocycles. The molecule has 0 fully saturated rings. The van der Waals surface area contributed by atoms with Crippen LogP contribution in [0.15, 0.2) is 48.5 Å². The minimum absolute atomic E-state index is 0.186. The number of nitrogens with zero attached hydrogens (tertiary/aromatic N) is 1. The van der Waals surface area contributed by atoms with E-state index in [1.807, 2.05) is 0 Å². The third-order valence-corrected chi connectivity index (χ3v) is 3.04. The molecule has 0 heterocycles. The first-order valence-corrected chi connectivity index (χ1v) is 7.13. The lowest BCUT2D eigenvalue weighted by Gasteiger charge is -2.24. The summed E-state index contributed by atoms with van der Waals surface area (Å²) in [6.07, 6.45) is -9.36. The van der Waals surface area contributed by atoms with Gasteiger partial charge in [-0.25, -0.2) is 22.8 Å². The van der Waals surface area contributed by atoms with Crippen molar-refractivity contribution in [2.75, 3.05) is 5.06 Å². The smallest absolute Gasteiger partial charge is 0.272 e. The molecule has 1 atom stereocenters. The Kier molecular flexibility index (Phi) is 6.05. The second-order valence-electron chi connectivity index (χ2n) is 4.95. The van der Waals surface area contributed by atoms with Crippen LogP contribution in [0.2, 0.25) is 0 Å². The Morgan fingerprint density at radius 3 is 2.04 bits per heavy atom. The Bertz CT molecular complexity index is 808. The van der Waals surface area contributed by atoms with Crippen LogP contribution in [0.25, 0.3) is 0 Å². The molecule has 0 bridgehead atoms. The van der Waals surface area contributed by atoms with Crippen molar-refractivity contribution in [2.45, 2.75) is 12.5 Å². The van der Waals surface area contributed by atoms with E-state index in [0.717, 1.165) is 30.3 Å². The Hall–Kier alpha value is -3.08. The van der Waals surface area contributed by atoms with E-state index in [4.69, 9.17) is 0 Å². The molecule has 0 spiro atoms. The molecule has 0 aliphatic rings. The number of benzene rings is 2. The molecule has 2 aromatic carbocycles. The number of anilines is 1. The maximum absolute atomic E-state index is 13.6. The number of hydrogen-bond donors (Lipinski definition) is 1. The van der Waals surface area contributed by atoms with Gasteiger partial charge in [-0.3, -0.25) is 10.1 Å². The fourth-order valence-electron chi connectivity index (χ4n) is 1.87. The number of halogens is 6. The summed E-state index contributed by atoms with van der Waals surface area (Å²) in [4.78, 5) is 28.0. The standard InChI is InChI=1S/C16H10F6N2O3/c17-10-7-4-8-11(18)12(10)13(25)23-15(26)24(9-5-2-1-3-6-9)27-14(19)16(20,21)22/h1-8,14H,(H,23,25,26). The molecule has 2 rings (SSSR count). The number of carbonyl (C=O) groups is 2. The summed E-state index contributed by atoms with van der Waals surface area (Å²) in [5.41, 5.74) is -1.52. The van der Waals surface area contributed by atoms with Gasteiger partial charge in [0.15, 0.2) is 0 Å². The molecule has 27 heavy (non-hydrogen) atoms. The summed E-state index contributed by atoms with van der Waals surface area (Å²) < 4.78 is 77.6. The quantitative estimate of drug-likeness (QED) is 0.629. The van der Waals surface area contributed by atoms with Crippen molar-refractivity contribution in [3.8, 4) is 0 Å². The molecule has 0 saturated carbocycles. The van der Waals surface area contributed by atoms with Gasteiger partial charge in [0.05, 0.1) is 5.69 Å². The summed E-state index contributed by atoms with van der Waals surface area (Å²) in [7, 11) is 0. The van der Waals surface area contributed by atoms with E-state index in [2.05, 4.69) is 4.84 Å². The lowest BCUT2D eigenvalue weighted by Crippen LogP contribution is -2.47. The van der Waals surface area contributed by atoms with Crippen molar-refractivity contribution in [1.82, 2.24) is 5.32 Å². The van der Waals surface area contributed by atoms with Crippen LogP contribution >= 0.6 is 0 Å². The Morgan fingerprint density at radius 1 is 0.963 bits per heavy atom. The number of carbonyl (C=O) groups excluding carboxylic acids is 2. The summed E-state index contributed by atoms with van der Waals surface area (Å²) in [5, 5.41) is 1.26. The van der Waals surface area contributed by atoms with Crippen LogP contribution in [-0.2, 0) is 4.84 Å². The lowest BCUT2D eigenvalue weighted by atomic mass is 10.2. The minimum Gasteiger partial charge on any atom is -0.272 e. The summed E-state index contributed by atoms with van der Waals surface area (Å²) in [6, 6.07) is 6.91. The van der Waals surface area contributed by atoms with Crippen LogP contribution in [0.3, 0.4) is 0 Å². The number of hydroxylamine groups is 1. The predicted octanol–water partition coefficient (Wildman–Crippen LogP) is 4.11. The minimum atomic E-state index is -5.46. The lowest BCUT2D eigenvalue weighted by molar-refractivity contribution is -0.264. The van der Waals surface area contributed by atoms with Crippen LogP contribution < -0.4 is 10.4 Å². The molecule has 0 aliphatic carbocycles. The van der Waals surface area contributed by atoms with Crippen molar-refractivity contribution in [1.29, 1.82) is 0 Å². The Morgan fingerprint density at radius 2 is 1.52 bits per heavy atom. The molecule has 0 aliphatic heterocycles. The molecule has 0 radical (unpaired) electrons. The largest absolute Gasteiger partial charge is 0.447 e. The van der Waals surface area contributed by atoms with Crippen molar-refractivity contribution in [2.24, 2.45) is 0 Å². The first kappa shape index (κ1) is 20.2. The van der Waals surface area contributed by atoms with Crippen molar-refractivity contribution in [3.05, 3.63) is 65.7 Å². The highest BCUT2D eigenvalue weighted by Crippen LogP contribution is 2.27. The summed E-state index contributed by atoms with van der Waals surface area (Å²) in [6.45, 7) is 0. The predicted molar refractivity (Wildman–Crippen MR) is 80.2 cm³/mol. The van der Waals surface area contributed by atoms with E-state index in [0.29, 0.717) is 0 Å². The van der Waals surface area contributed by atoms with Gasteiger partial charge in [0.25, 0.3) is 5.91 Å². The maximum Gasteiger partial charge on any atom is 0.447 e. The number of hydrogen-bond acceptors (Lipinski definition) is 3. The van der Waals surface area contributed by atoms with Gasteiger partial charge < -0.3 is 0 Å². The SMILES string of the molecule is O=C(NC(=O)N(OC(F)C(F)(F)F)c1ccccc1)c1c(F)cccc1F. The molecule has 1 unspecified atom stereocenters. The van der Waals surface area contributed by atoms with Crippen LogP contribution in [0.4, 0.5) is 36.8 Å². The van der Waals surface area contributed by atoms with Crippen LogP contribution in [0, 0.1) is 11.6 Å². The molecule has 2 aromatic rings. The number of imide groups is 1. The highest BCUT2D eigenvalue weighted by atomic mass is 19.4. The average Bonchev–Trinajstić information content (AvgIpc) is 2.59. The number of urea groups is 1. The maximum atomic E-state index is 13.6. The molecule has 3 amide bonds. The number of amides is 3. The van der Waals surface area contributed by atoms with Gasteiger partial charge >= 0.3 is 18.6 Å². The fourth-order valence-corrected chi connectivity index (χ4v) is 1.87. The van der Waals surface area contributed by atoms with Gasteiger partial charge in [0, 0.05) is 0 Å². The van der Waals surface area contributed by atoms with Gasteiger partial charge in [0.2, 0.25) is 0 Å². The second kappa shape index (κ2) is 8.08. The summed E-state index contributed by atoms with van der Waals surface area (Å²) >= 11 is 0. The van der Waals surface area contributed by atoms with Gasteiger partial charge in [-0.05, 0) is 24.3 Å². The first-order valence-electron chi connectivity index (χ1n) is 7.13. The molecule has 11 heteroatoms. The topological polar surface area (TPSA) is 58.6 Å². The monoisotopic (exact) mass is 392 g/mol. The molecular weight excluding hydrogens is 382 g/mol. The normalized spacial score (nSPS) is 12.4. The fraction of sp³-hybridized carbons (Fsp3) is 0.125. The van der Waals surface area contributed by atoms with Crippen molar-refractivity contribution < 1.29 is 40.8 Å².